The van der Waals surface area contributed by atoms with Gasteiger partial charge in [0.2, 0.25) is 5.91 Å². The number of nitrogens with zero attached hydrogens (tertiary/aromatic N) is 1. The van der Waals surface area contributed by atoms with E-state index in [1.165, 1.54) is 11.3 Å². The maximum atomic E-state index is 12.4. The van der Waals surface area contributed by atoms with Gasteiger partial charge in [0.1, 0.15) is 17.5 Å². The quantitative estimate of drug-likeness (QED) is 0.812. The van der Waals surface area contributed by atoms with E-state index in [1.54, 1.807) is 20.3 Å². The molecule has 2 rings (SSSR count). The van der Waals surface area contributed by atoms with E-state index in [-0.39, 0.29) is 11.9 Å². The molecule has 1 aromatic heterocycles. The lowest BCUT2D eigenvalue weighted by molar-refractivity contribution is -0.116. The number of hydrogen-bond acceptors (Lipinski definition) is 6. The van der Waals surface area contributed by atoms with Gasteiger partial charge in [-0.05, 0) is 25.5 Å². The number of carbonyl (C=O) groups is 1. The van der Waals surface area contributed by atoms with Gasteiger partial charge in [0.05, 0.1) is 25.6 Å². The van der Waals surface area contributed by atoms with Crippen molar-refractivity contribution >= 4 is 28.1 Å². The molecule has 1 heterocycles. The van der Waals surface area contributed by atoms with E-state index in [2.05, 4.69) is 15.6 Å². The van der Waals surface area contributed by atoms with Crippen LogP contribution in [-0.4, -0.2) is 31.2 Å². The summed E-state index contributed by atoms with van der Waals surface area (Å²) in [6.45, 7) is 3.84. The lowest BCUT2D eigenvalue weighted by atomic mass is 10.2. The average Bonchev–Trinajstić information content (AvgIpc) is 2.97. The average molecular weight is 335 g/mol. The van der Waals surface area contributed by atoms with Crippen LogP contribution in [-0.2, 0) is 4.79 Å². The number of anilines is 2. The van der Waals surface area contributed by atoms with Crippen LogP contribution in [0.3, 0.4) is 0 Å². The van der Waals surface area contributed by atoms with E-state index >= 15 is 0 Å². The number of nitrogens with one attached hydrogen (secondary N) is 2. The minimum Gasteiger partial charge on any atom is -0.497 e. The molecule has 1 amide bonds. The molecule has 1 aromatic carbocycles. The van der Waals surface area contributed by atoms with Crippen LogP contribution in [0.15, 0.2) is 23.6 Å². The molecule has 0 aliphatic heterocycles. The predicted molar refractivity (Wildman–Crippen MR) is 92.7 cm³/mol. The van der Waals surface area contributed by atoms with Gasteiger partial charge in [-0.1, -0.05) is 6.92 Å². The third-order valence-electron chi connectivity index (χ3n) is 3.31. The highest BCUT2D eigenvalue weighted by molar-refractivity contribution is 7.13. The fourth-order valence-corrected chi connectivity index (χ4v) is 2.75. The first kappa shape index (κ1) is 17.1. The topological polar surface area (TPSA) is 72.5 Å². The fraction of sp³-hybridized carbons (Fsp3) is 0.375. The molecule has 0 spiro atoms. The van der Waals surface area contributed by atoms with Crippen molar-refractivity contribution in [3.05, 3.63) is 29.3 Å². The zero-order chi connectivity index (χ0) is 16.8. The predicted octanol–water partition coefficient (Wildman–Crippen LogP) is 3.30. The normalized spacial score (nSPS) is 11.7. The third-order valence-corrected chi connectivity index (χ3v) is 4.19. The molecule has 0 aliphatic rings. The number of amides is 1. The van der Waals surface area contributed by atoms with Gasteiger partial charge in [-0.2, -0.15) is 0 Å². The van der Waals surface area contributed by atoms with Crippen LogP contribution in [0.2, 0.25) is 0 Å². The Morgan fingerprint density at radius 1 is 1.35 bits per heavy atom. The van der Waals surface area contributed by atoms with Crippen molar-refractivity contribution < 1.29 is 14.3 Å². The van der Waals surface area contributed by atoms with Crippen LogP contribution in [0.25, 0.3) is 0 Å². The number of thiazole rings is 1. The van der Waals surface area contributed by atoms with Gasteiger partial charge in [0.25, 0.3) is 0 Å². The largest absolute Gasteiger partial charge is 0.497 e. The smallest absolute Gasteiger partial charge is 0.248 e. The summed E-state index contributed by atoms with van der Waals surface area (Å²) in [7, 11) is 3.18. The molecule has 7 heteroatoms. The lowest BCUT2D eigenvalue weighted by Crippen LogP contribution is -2.34. The van der Waals surface area contributed by atoms with E-state index < -0.39 is 0 Å². The highest BCUT2D eigenvalue weighted by Gasteiger charge is 2.19. The summed E-state index contributed by atoms with van der Waals surface area (Å²) in [5.74, 6) is 1.20. The van der Waals surface area contributed by atoms with E-state index in [1.807, 2.05) is 31.4 Å². The van der Waals surface area contributed by atoms with Gasteiger partial charge in [-0.25, -0.2) is 4.98 Å². The molecule has 23 heavy (non-hydrogen) atoms. The Hall–Kier alpha value is -2.28. The first-order valence-electron chi connectivity index (χ1n) is 7.29. The van der Waals surface area contributed by atoms with Crippen LogP contribution in [0, 0.1) is 6.92 Å². The molecule has 0 unspecified atom stereocenters. The zero-order valence-corrected chi connectivity index (χ0v) is 14.5. The summed E-state index contributed by atoms with van der Waals surface area (Å²) in [6, 6.07) is 5.04. The van der Waals surface area contributed by atoms with Crippen molar-refractivity contribution in [2.45, 2.75) is 26.3 Å². The third kappa shape index (κ3) is 4.35. The number of hydrogen-bond donors (Lipinski definition) is 2. The summed E-state index contributed by atoms with van der Waals surface area (Å²) in [5, 5.41) is 8.55. The molecule has 6 nitrogen and oxygen atoms in total. The molecule has 0 bridgehead atoms. The minimum atomic E-state index is -0.387. The number of aromatic nitrogens is 1. The summed E-state index contributed by atoms with van der Waals surface area (Å²) in [5.41, 5.74) is 1.63. The van der Waals surface area contributed by atoms with Crippen LogP contribution < -0.4 is 20.1 Å². The highest BCUT2D eigenvalue weighted by atomic mass is 32.1. The van der Waals surface area contributed by atoms with Gasteiger partial charge < -0.3 is 20.1 Å². The van der Waals surface area contributed by atoms with Crippen LogP contribution >= 0.6 is 11.3 Å². The highest BCUT2D eigenvalue weighted by Crippen LogP contribution is 2.30. The van der Waals surface area contributed by atoms with Gasteiger partial charge in [-0.3, -0.25) is 4.79 Å². The van der Waals surface area contributed by atoms with E-state index in [0.717, 1.165) is 11.4 Å². The second-order valence-corrected chi connectivity index (χ2v) is 5.81. The summed E-state index contributed by atoms with van der Waals surface area (Å²) >= 11 is 1.41. The van der Waals surface area contributed by atoms with Gasteiger partial charge in [0, 0.05) is 11.4 Å². The van der Waals surface area contributed by atoms with E-state index in [0.29, 0.717) is 23.1 Å². The Morgan fingerprint density at radius 2 is 2.13 bits per heavy atom. The van der Waals surface area contributed by atoms with Crippen molar-refractivity contribution in [1.82, 2.24) is 4.98 Å². The molecule has 0 fully saturated rings. The van der Waals surface area contributed by atoms with Crippen LogP contribution in [0.5, 0.6) is 11.5 Å². The standard InChI is InChI=1S/C16H21N3O3S/c1-5-12(15(20)19-16-17-10(2)9-23-16)18-13-7-6-11(21-3)8-14(13)22-4/h6-9,12,18H,5H2,1-4H3,(H,17,19,20)/t12-/m0/s1. The number of aryl methyl sites for hydroxylation is 1. The molecule has 2 N–H and O–H groups in total. The summed E-state index contributed by atoms with van der Waals surface area (Å²) < 4.78 is 10.5. The molecule has 124 valence electrons. The SMILES string of the molecule is CC[C@H](Nc1ccc(OC)cc1OC)C(=O)Nc1nc(C)cs1. The molecular weight excluding hydrogens is 314 g/mol. The number of benzene rings is 1. The summed E-state index contributed by atoms with van der Waals surface area (Å²) in [4.78, 5) is 16.7. The maximum Gasteiger partial charge on any atom is 0.248 e. The molecule has 0 saturated carbocycles. The van der Waals surface area contributed by atoms with Crippen molar-refractivity contribution in [3.8, 4) is 11.5 Å². The van der Waals surface area contributed by atoms with E-state index in [4.69, 9.17) is 9.47 Å². The lowest BCUT2D eigenvalue weighted by Gasteiger charge is -2.19. The minimum absolute atomic E-state index is 0.125. The van der Waals surface area contributed by atoms with Gasteiger partial charge >= 0.3 is 0 Å². The zero-order valence-electron chi connectivity index (χ0n) is 13.7. The van der Waals surface area contributed by atoms with Crippen molar-refractivity contribution in [2.24, 2.45) is 0 Å². The number of carbonyl (C=O) groups excluding carboxylic acids is 1. The Bertz CT molecular complexity index is 672. The van der Waals surface area contributed by atoms with Gasteiger partial charge in [-0.15, -0.1) is 11.3 Å². The number of rotatable bonds is 7. The van der Waals surface area contributed by atoms with Crippen LogP contribution in [0.1, 0.15) is 19.0 Å². The van der Waals surface area contributed by atoms with E-state index in [9.17, 15) is 4.79 Å². The number of methoxy groups -OCH3 is 2. The Labute approximate surface area is 139 Å². The second kappa shape index (κ2) is 7.82. The molecule has 0 radical (unpaired) electrons. The molecule has 0 aliphatic carbocycles. The Balaban J connectivity index is 2.10. The van der Waals surface area contributed by atoms with Crippen molar-refractivity contribution in [2.75, 3.05) is 24.9 Å². The fourth-order valence-electron chi connectivity index (χ4n) is 2.06. The number of ether oxygens (including phenoxy) is 2. The second-order valence-electron chi connectivity index (χ2n) is 4.95. The van der Waals surface area contributed by atoms with Crippen molar-refractivity contribution in [1.29, 1.82) is 0 Å². The first-order valence-corrected chi connectivity index (χ1v) is 8.16. The van der Waals surface area contributed by atoms with Crippen LogP contribution in [0.4, 0.5) is 10.8 Å². The van der Waals surface area contributed by atoms with Crippen molar-refractivity contribution in [3.63, 3.8) is 0 Å². The molecule has 2 aromatic rings. The molecular formula is C16H21N3O3S. The Kier molecular flexibility index (Phi) is 5.81. The molecule has 1 atom stereocenters. The first-order chi connectivity index (χ1) is 11.1. The van der Waals surface area contributed by atoms with Gasteiger partial charge in [0.15, 0.2) is 5.13 Å². The maximum absolute atomic E-state index is 12.4. The molecule has 0 saturated heterocycles. The summed E-state index contributed by atoms with van der Waals surface area (Å²) in [6.07, 6.45) is 0.630. The Morgan fingerprint density at radius 3 is 2.70 bits per heavy atom. The monoisotopic (exact) mass is 335 g/mol.